The first kappa shape index (κ1) is 27.5. The molecule has 0 unspecified atom stereocenters. The number of anilines is 3. The summed E-state index contributed by atoms with van der Waals surface area (Å²) in [7, 11) is 0. The van der Waals surface area contributed by atoms with Crippen molar-refractivity contribution in [3.8, 4) is 33.4 Å². The second kappa shape index (κ2) is 11.8. The summed E-state index contributed by atoms with van der Waals surface area (Å²) >= 11 is 0. The van der Waals surface area contributed by atoms with E-state index in [0.29, 0.717) is 5.82 Å². The third-order valence-electron chi connectivity index (χ3n) is 8.56. The zero-order valence-electron chi connectivity index (χ0n) is 25.0. The second-order valence-corrected chi connectivity index (χ2v) is 11.3. The van der Waals surface area contributed by atoms with E-state index in [1.54, 1.807) is 6.07 Å². The van der Waals surface area contributed by atoms with E-state index in [1.807, 2.05) is 35.2 Å². The molecular weight excluding hydrogens is 563 g/mol. The quantitative estimate of drug-likeness (QED) is 0.179. The molecule has 0 spiro atoms. The normalized spacial score (nSPS) is 11.2. The number of hydrogen-bond donors (Lipinski definition) is 0. The molecule has 1 aromatic heterocycles. The van der Waals surface area contributed by atoms with Gasteiger partial charge in [0.2, 0.25) is 0 Å². The predicted octanol–water partition coefficient (Wildman–Crippen LogP) is 12.0. The van der Waals surface area contributed by atoms with Crippen molar-refractivity contribution in [2.45, 2.75) is 0 Å². The molecule has 0 saturated carbocycles. The minimum atomic E-state index is -0.360. The average Bonchev–Trinajstić information content (AvgIpc) is 3.13. The van der Waals surface area contributed by atoms with Crippen molar-refractivity contribution in [1.29, 1.82) is 0 Å². The predicted molar refractivity (Wildman–Crippen MR) is 190 cm³/mol. The van der Waals surface area contributed by atoms with Crippen LogP contribution in [0, 0.1) is 5.82 Å². The molecule has 8 aromatic rings. The number of pyridine rings is 1. The van der Waals surface area contributed by atoms with Gasteiger partial charge >= 0.3 is 0 Å². The highest BCUT2D eigenvalue weighted by Crippen LogP contribution is 2.45. The maximum absolute atomic E-state index is 13.8. The van der Waals surface area contributed by atoms with Crippen molar-refractivity contribution < 1.29 is 4.39 Å². The summed E-state index contributed by atoms with van der Waals surface area (Å²) < 4.78 is 13.8. The number of para-hydroxylation sites is 1. The lowest BCUT2D eigenvalue weighted by molar-refractivity contribution is 0.621. The molecule has 0 aliphatic rings. The fourth-order valence-electron chi connectivity index (χ4n) is 6.50. The first-order valence-electron chi connectivity index (χ1n) is 15.4. The van der Waals surface area contributed by atoms with Crippen LogP contribution in [0.4, 0.5) is 21.6 Å². The van der Waals surface area contributed by atoms with Gasteiger partial charge in [-0.2, -0.15) is 0 Å². The van der Waals surface area contributed by atoms with Crippen molar-refractivity contribution in [1.82, 2.24) is 4.98 Å². The van der Waals surface area contributed by atoms with E-state index in [4.69, 9.17) is 0 Å². The maximum atomic E-state index is 13.8. The molecule has 0 amide bonds. The molecule has 46 heavy (non-hydrogen) atoms. The van der Waals surface area contributed by atoms with Crippen LogP contribution in [0.25, 0.3) is 54.9 Å². The van der Waals surface area contributed by atoms with Crippen LogP contribution in [-0.4, -0.2) is 4.98 Å². The highest BCUT2D eigenvalue weighted by atomic mass is 19.1. The van der Waals surface area contributed by atoms with E-state index < -0.39 is 0 Å². The molecular formula is C43H29FN2. The molecule has 0 aliphatic heterocycles. The van der Waals surface area contributed by atoms with Gasteiger partial charge in [0.05, 0.1) is 6.20 Å². The standard InChI is InChI=1S/C43H29FN2/c44-34-24-27-41(45-29-34)46(35-16-5-2-6-17-35)36-25-22-31(23-26-36)42-37-18-7-9-20-39(37)43(40-21-10-8-19-38(40)42)33-15-11-14-32(28-33)30-12-3-1-4-13-30/h1-29H. The van der Waals surface area contributed by atoms with Gasteiger partial charge in [0.1, 0.15) is 11.6 Å². The molecule has 3 heteroatoms. The van der Waals surface area contributed by atoms with Crippen molar-refractivity contribution in [3.63, 3.8) is 0 Å². The lowest BCUT2D eigenvalue weighted by Crippen LogP contribution is -2.11. The Kier molecular flexibility index (Phi) is 7.05. The number of benzene rings is 7. The first-order valence-corrected chi connectivity index (χ1v) is 15.4. The molecule has 8 rings (SSSR count). The Balaban J connectivity index is 1.30. The summed E-state index contributed by atoms with van der Waals surface area (Å²) in [6.45, 7) is 0. The fourth-order valence-corrected chi connectivity index (χ4v) is 6.50. The Morgan fingerprint density at radius 2 is 0.891 bits per heavy atom. The monoisotopic (exact) mass is 592 g/mol. The van der Waals surface area contributed by atoms with Crippen LogP contribution in [0.2, 0.25) is 0 Å². The van der Waals surface area contributed by atoms with Gasteiger partial charge in [0.15, 0.2) is 0 Å². The maximum Gasteiger partial charge on any atom is 0.141 e. The number of nitrogens with zero attached hydrogens (tertiary/aromatic N) is 2. The Bertz CT molecular complexity index is 2240. The van der Waals surface area contributed by atoms with E-state index in [9.17, 15) is 4.39 Å². The minimum Gasteiger partial charge on any atom is -0.295 e. The van der Waals surface area contributed by atoms with Crippen LogP contribution < -0.4 is 4.90 Å². The van der Waals surface area contributed by atoms with Gasteiger partial charge in [-0.15, -0.1) is 0 Å². The van der Waals surface area contributed by atoms with Crippen LogP contribution in [0.3, 0.4) is 0 Å². The smallest absolute Gasteiger partial charge is 0.141 e. The topological polar surface area (TPSA) is 16.1 Å². The van der Waals surface area contributed by atoms with Crippen molar-refractivity contribution in [2.24, 2.45) is 0 Å². The number of hydrogen-bond acceptors (Lipinski definition) is 2. The number of fused-ring (bicyclic) bond motifs is 2. The van der Waals surface area contributed by atoms with Crippen molar-refractivity contribution in [2.75, 3.05) is 4.90 Å². The molecule has 0 atom stereocenters. The van der Waals surface area contributed by atoms with E-state index >= 15 is 0 Å². The molecule has 7 aromatic carbocycles. The molecule has 0 N–H and O–H groups in total. The van der Waals surface area contributed by atoms with Crippen molar-refractivity contribution >= 4 is 38.7 Å². The van der Waals surface area contributed by atoms with E-state index in [2.05, 4.69) is 132 Å². The zero-order valence-corrected chi connectivity index (χ0v) is 25.0. The average molecular weight is 593 g/mol. The van der Waals surface area contributed by atoms with Gasteiger partial charge < -0.3 is 0 Å². The molecule has 0 radical (unpaired) electrons. The molecule has 2 nitrogen and oxygen atoms in total. The third-order valence-corrected chi connectivity index (χ3v) is 8.56. The van der Waals surface area contributed by atoms with Gasteiger partial charge in [0, 0.05) is 11.4 Å². The fraction of sp³-hybridized carbons (Fsp3) is 0. The highest BCUT2D eigenvalue weighted by molar-refractivity contribution is 6.21. The Hall–Kier alpha value is -6.06. The summed E-state index contributed by atoms with van der Waals surface area (Å²) in [4.78, 5) is 6.45. The van der Waals surface area contributed by atoms with Gasteiger partial charge in [-0.1, -0.05) is 127 Å². The molecule has 0 fully saturated rings. The van der Waals surface area contributed by atoms with Gasteiger partial charge in [-0.05, 0) is 97.4 Å². The molecule has 1 heterocycles. The van der Waals surface area contributed by atoms with Crippen molar-refractivity contribution in [3.05, 3.63) is 182 Å². The van der Waals surface area contributed by atoms with E-state index in [1.165, 1.54) is 61.6 Å². The van der Waals surface area contributed by atoms with Crippen LogP contribution in [0.5, 0.6) is 0 Å². The van der Waals surface area contributed by atoms with E-state index in [0.717, 1.165) is 16.9 Å². The summed E-state index contributed by atoms with van der Waals surface area (Å²) in [6, 6.07) is 58.6. The first-order chi connectivity index (χ1) is 22.7. The molecule has 0 saturated heterocycles. The molecule has 218 valence electrons. The van der Waals surface area contributed by atoms with Gasteiger partial charge in [0.25, 0.3) is 0 Å². The summed E-state index contributed by atoms with van der Waals surface area (Å²) in [5.41, 5.74) is 9.06. The Morgan fingerprint density at radius 3 is 1.48 bits per heavy atom. The highest BCUT2D eigenvalue weighted by Gasteiger charge is 2.18. The van der Waals surface area contributed by atoms with E-state index in [-0.39, 0.29) is 5.82 Å². The summed E-state index contributed by atoms with van der Waals surface area (Å²) in [5, 5.41) is 4.84. The largest absolute Gasteiger partial charge is 0.295 e. The second-order valence-electron chi connectivity index (χ2n) is 11.3. The number of rotatable bonds is 6. The minimum absolute atomic E-state index is 0.360. The Labute approximate surface area is 267 Å². The lowest BCUT2D eigenvalue weighted by atomic mass is 9.85. The van der Waals surface area contributed by atoms with Crippen LogP contribution in [-0.2, 0) is 0 Å². The third kappa shape index (κ3) is 4.98. The van der Waals surface area contributed by atoms with Crippen LogP contribution >= 0.6 is 0 Å². The zero-order chi connectivity index (χ0) is 30.9. The number of aromatic nitrogens is 1. The summed E-state index contributed by atoms with van der Waals surface area (Å²) in [5.74, 6) is 0.291. The molecule has 0 aliphatic carbocycles. The van der Waals surface area contributed by atoms with Crippen LogP contribution in [0.1, 0.15) is 0 Å². The number of halogens is 1. The van der Waals surface area contributed by atoms with Crippen LogP contribution in [0.15, 0.2) is 176 Å². The Morgan fingerprint density at radius 1 is 0.391 bits per heavy atom. The SMILES string of the molecule is Fc1ccc(N(c2ccccc2)c2ccc(-c3c4ccccc4c(-c4cccc(-c5ccccc5)c4)c4ccccc34)cc2)nc1. The lowest BCUT2D eigenvalue weighted by Gasteiger charge is -2.24. The van der Waals surface area contributed by atoms with Gasteiger partial charge in [-0.25, -0.2) is 9.37 Å². The molecule has 0 bridgehead atoms. The van der Waals surface area contributed by atoms with Gasteiger partial charge in [-0.3, -0.25) is 4.90 Å². The summed E-state index contributed by atoms with van der Waals surface area (Å²) in [6.07, 6.45) is 1.26.